The van der Waals surface area contributed by atoms with Crippen LogP contribution >= 0.6 is 22.6 Å². The van der Waals surface area contributed by atoms with E-state index in [0.717, 1.165) is 3.57 Å². The number of methoxy groups -OCH3 is 1. The molecule has 0 heterocycles. The van der Waals surface area contributed by atoms with E-state index in [2.05, 4.69) is 27.9 Å². The maximum absolute atomic E-state index is 12.1. The van der Waals surface area contributed by atoms with E-state index in [9.17, 15) is 9.90 Å². The molecule has 0 fully saturated rings. The number of phenols is 1. The van der Waals surface area contributed by atoms with Gasteiger partial charge in [-0.2, -0.15) is 0 Å². The van der Waals surface area contributed by atoms with Crippen LogP contribution in [0.5, 0.6) is 11.5 Å². The van der Waals surface area contributed by atoms with Gasteiger partial charge in [-0.3, -0.25) is 4.79 Å². The van der Waals surface area contributed by atoms with E-state index in [1.807, 2.05) is 18.2 Å². The molecule has 4 nitrogen and oxygen atoms in total. The summed E-state index contributed by atoms with van der Waals surface area (Å²) in [5, 5.41) is 12.4. The van der Waals surface area contributed by atoms with Crippen LogP contribution in [0.2, 0.25) is 0 Å². The van der Waals surface area contributed by atoms with E-state index in [1.165, 1.54) is 13.2 Å². The predicted molar refractivity (Wildman–Crippen MR) is 81.8 cm³/mol. The monoisotopic (exact) mass is 369 g/mol. The van der Waals surface area contributed by atoms with Crippen LogP contribution in [-0.4, -0.2) is 18.1 Å². The molecule has 0 aliphatic carbocycles. The molecule has 0 spiro atoms. The molecule has 2 N–H and O–H groups in total. The number of nitrogens with one attached hydrogen (secondary N) is 1. The van der Waals surface area contributed by atoms with Crippen molar-refractivity contribution in [1.29, 1.82) is 0 Å². The number of amides is 1. The Balaban J connectivity index is 2.20. The second-order valence-corrected chi connectivity index (χ2v) is 4.98. The van der Waals surface area contributed by atoms with Gasteiger partial charge in [0.15, 0.2) is 11.5 Å². The van der Waals surface area contributed by atoms with E-state index in [4.69, 9.17) is 4.74 Å². The van der Waals surface area contributed by atoms with E-state index < -0.39 is 0 Å². The summed E-state index contributed by atoms with van der Waals surface area (Å²) in [5.74, 6) is 0.143. The molecule has 0 aromatic heterocycles. The van der Waals surface area contributed by atoms with Gasteiger partial charge in [0.05, 0.1) is 12.7 Å². The van der Waals surface area contributed by atoms with Crippen molar-refractivity contribution in [2.45, 2.75) is 0 Å². The van der Waals surface area contributed by atoms with Crippen LogP contribution in [-0.2, 0) is 0 Å². The highest BCUT2D eigenvalue weighted by molar-refractivity contribution is 14.1. The lowest BCUT2D eigenvalue weighted by Crippen LogP contribution is -2.13. The van der Waals surface area contributed by atoms with Gasteiger partial charge in [-0.15, -0.1) is 0 Å². The summed E-state index contributed by atoms with van der Waals surface area (Å²) in [6.07, 6.45) is 0. The number of carbonyl (C=O) groups excluding carboxylic acids is 1. The maximum Gasteiger partial charge on any atom is 0.256 e. The van der Waals surface area contributed by atoms with Crippen molar-refractivity contribution in [3.05, 3.63) is 51.6 Å². The lowest BCUT2D eigenvalue weighted by molar-refractivity contribution is 0.102. The SMILES string of the molecule is COc1ccc(NC(=O)c2ccccc2I)cc1O. The Morgan fingerprint density at radius 1 is 1.26 bits per heavy atom. The molecule has 0 bridgehead atoms. The third-order valence-electron chi connectivity index (χ3n) is 2.56. The number of hydrogen-bond donors (Lipinski definition) is 2. The summed E-state index contributed by atoms with van der Waals surface area (Å²) < 4.78 is 5.82. The normalized spacial score (nSPS) is 10.0. The van der Waals surface area contributed by atoms with Crippen molar-refractivity contribution in [2.24, 2.45) is 0 Å². The van der Waals surface area contributed by atoms with Crippen LogP contribution in [0.1, 0.15) is 10.4 Å². The predicted octanol–water partition coefficient (Wildman–Crippen LogP) is 3.26. The third kappa shape index (κ3) is 3.17. The average molecular weight is 369 g/mol. The van der Waals surface area contributed by atoms with Crippen molar-refractivity contribution in [1.82, 2.24) is 0 Å². The molecule has 2 aromatic rings. The molecule has 0 atom stereocenters. The molecule has 0 aliphatic heterocycles. The first-order chi connectivity index (χ1) is 9.11. The molecule has 2 rings (SSSR count). The Kier molecular flexibility index (Phi) is 4.26. The van der Waals surface area contributed by atoms with Crippen molar-refractivity contribution in [3.63, 3.8) is 0 Å². The Morgan fingerprint density at radius 3 is 2.63 bits per heavy atom. The first-order valence-electron chi connectivity index (χ1n) is 5.54. The summed E-state index contributed by atoms with van der Waals surface area (Å²) >= 11 is 2.11. The fraction of sp³-hybridized carbons (Fsp3) is 0.0714. The van der Waals surface area contributed by atoms with Gasteiger partial charge >= 0.3 is 0 Å². The molecule has 0 radical (unpaired) electrons. The van der Waals surface area contributed by atoms with Gasteiger partial charge in [0.2, 0.25) is 0 Å². The quantitative estimate of drug-likeness (QED) is 0.817. The summed E-state index contributed by atoms with van der Waals surface area (Å²) in [6.45, 7) is 0. The number of carbonyl (C=O) groups is 1. The molecule has 2 aromatic carbocycles. The van der Waals surface area contributed by atoms with Crippen molar-refractivity contribution < 1.29 is 14.6 Å². The lowest BCUT2D eigenvalue weighted by atomic mass is 10.2. The van der Waals surface area contributed by atoms with Gasteiger partial charge in [0.25, 0.3) is 5.91 Å². The summed E-state index contributed by atoms with van der Waals surface area (Å²) in [7, 11) is 1.47. The molecule has 19 heavy (non-hydrogen) atoms. The van der Waals surface area contributed by atoms with Crippen LogP contribution in [0.4, 0.5) is 5.69 Å². The van der Waals surface area contributed by atoms with Crippen molar-refractivity contribution >= 4 is 34.2 Å². The molecule has 0 saturated heterocycles. The Bertz CT molecular complexity index is 613. The molecule has 1 amide bonds. The molecule has 0 aliphatic rings. The van der Waals surface area contributed by atoms with Gasteiger partial charge < -0.3 is 15.2 Å². The number of rotatable bonds is 3. The minimum atomic E-state index is -0.213. The van der Waals surface area contributed by atoms with Crippen LogP contribution in [0.15, 0.2) is 42.5 Å². The molecular weight excluding hydrogens is 357 g/mol. The second kappa shape index (κ2) is 5.92. The fourth-order valence-corrected chi connectivity index (χ4v) is 2.24. The topological polar surface area (TPSA) is 58.6 Å². The molecule has 0 unspecified atom stereocenters. The Hall–Kier alpha value is -1.76. The summed E-state index contributed by atoms with van der Waals surface area (Å²) in [4.78, 5) is 12.1. The zero-order valence-corrected chi connectivity index (χ0v) is 12.3. The second-order valence-electron chi connectivity index (χ2n) is 3.82. The van der Waals surface area contributed by atoms with Gasteiger partial charge in [0.1, 0.15) is 0 Å². The maximum atomic E-state index is 12.1. The molecule has 98 valence electrons. The minimum absolute atomic E-state index is 0.0111. The van der Waals surface area contributed by atoms with E-state index in [0.29, 0.717) is 17.0 Å². The zero-order chi connectivity index (χ0) is 13.8. The number of benzene rings is 2. The van der Waals surface area contributed by atoms with Crippen LogP contribution < -0.4 is 10.1 Å². The number of anilines is 1. The number of hydrogen-bond acceptors (Lipinski definition) is 3. The summed E-state index contributed by atoms with van der Waals surface area (Å²) in [6, 6.07) is 12.0. The first kappa shape index (κ1) is 13.7. The van der Waals surface area contributed by atoms with E-state index >= 15 is 0 Å². The van der Waals surface area contributed by atoms with Gasteiger partial charge in [-0.25, -0.2) is 0 Å². The highest BCUT2D eigenvalue weighted by atomic mass is 127. The Morgan fingerprint density at radius 2 is 2.00 bits per heavy atom. The highest BCUT2D eigenvalue weighted by Gasteiger charge is 2.10. The van der Waals surface area contributed by atoms with Gasteiger partial charge in [0, 0.05) is 15.3 Å². The standard InChI is InChI=1S/C14H12INO3/c1-19-13-7-6-9(8-12(13)17)16-14(18)10-4-2-3-5-11(10)15/h2-8,17H,1H3,(H,16,18). The zero-order valence-electron chi connectivity index (χ0n) is 10.2. The number of aromatic hydroxyl groups is 1. The fourth-order valence-electron chi connectivity index (χ4n) is 1.61. The minimum Gasteiger partial charge on any atom is -0.504 e. The lowest BCUT2D eigenvalue weighted by Gasteiger charge is -2.09. The van der Waals surface area contributed by atoms with E-state index in [-0.39, 0.29) is 11.7 Å². The van der Waals surface area contributed by atoms with E-state index in [1.54, 1.807) is 18.2 Å². The molecule has 5 heteroatoms. The van der Waals surface area contributed by atoms with Crippen LogP contribution in [0.3, 0.4) is 0 Å². The van der Waals surface area contributed by atoms with Crippen molar-refractivity contribution in [3.8, 4) is 11.5 Å². The van der Waals surface area contributed by atoms with Gasteiger partial charge in [-0.05, 0) is 46.9 Å². The number of halogens is 1. The largest absolute Gasteiger partial charge is 0.504 e. The first-order valence-corrected chi connectivity index (χ1v) is 6.62. The molecular formula is C14H12INO3. The number of phenolic OH excluding ortho intramolecular Hbond substituents is 1. The smallest absolute Gasteiger partial charge is 0.256 e. The Labute approximate surface area is 124 Å². The van der Waals surface area contributed by atoms with Crippen molar-refractivity contribution in [2.75, 3.05) is 12.4 Å². The highest BCUT2D eigenvalue weighted by Crippen LogP contribution is 2.28. The van der Waals surface area contributed by atoms with Crippen LogP contribution in [0, 0.1) is 3.57 Å². The van der Waals surface area contributed by atoms with Crippen LogP contribution in [0.25, 0.3) is 0 Å². The van der Waals surface area contributed by atoms with Gasteiger partial charge in [-0.1, -0.05) is 12.1 Å². The summed E-state index contributed by atoms with van der Waals surface area (Å²) in [5.41, 5.74) is 1.11. The number of ether oxygens (including phenoxy) is 1. The third-order valence-corrected chi connectivity index (χ3v) is 3.50. The average Bonchev–Trinajstić information content (AvgIpc) is 2.39. The molecule has 0 saturated carbocycles.